The number of rotatable bonds is 7. The highest BCUT2D eigenvalue weighted by atomic mass is 32.1. The average molecular weight is 464 g/mol. The van der Waals surface area contributed by atoms with Gasteiger partial charge in [0.15, 0.2) is 0 Å². The summed E-state index contributed by atoms with van der Waals surface area (Å²) in [4.78, 5) is 38.7. The lowest BCUT2D eigenvalue weighted by Gasteiger charge is -2.10. The van der Waals surface area contributed by atoms with Gasteiger partial charge in [0, 0.05) is 29.3 Å². The summed E-state index contributed by atoms with van der Waals surface area (Å²) in [5, 5.41) is 25.4. The third-order valence-corrected chi connectivity index (χ3v) is 5.32. The second-order valence-corrected chi connectivity index (χ2v) is 7.26. The molecule has 0 aliphatic carbocycles. The number of methoxy groups -OCH3 is 2. The fourth-order valence-corrected chi connectivity index (χ4v) is 3.57. The Bertz CT molecular complexity index is 1290. The van der Waals surface area contributed by atoms with Gasteiger partial charge < -0.3 is 14.8 Å². The van der Waals surface area contributed by atoms with Crippen molar-refractivity contribution in [3.63, 3.8) is 0 Å². The number of allylic oxidation sites excluding steroid dienone is 1. The first-order chi connectivity index (χ1) is 15.9. The van der Waals surface area contributed by atoms with E-state index in [1.807, 2.05) is 6.07 Å². The maximum absolute atomic E-state index is 12.1. The van der Waals surface area contributed by atoms with Gasteiger partial charge in [0.2, 0.25) is 0 Å². The lowest BCUT2D eigenvalue weighted by molar-refractivity contribution is -0.384. The molecule has 0 bridgehead atoms. The van der Waals surface area contributed by atoms with Crippen molar-refractivity contribution in [3.05, 3.63) is 80.3 Å². The van der Waals surface area contributed by atoms with Crippen molar-refractivity contribution in [1.29, 1.82) is 5.26 Å². The van der Waals surface area contributed by atoms with Gasteiger partial charge in [-0.2, -0.15) is 5.26 Å². The van der Waals surface area contributed by atoms with E-state index in [0.717, 1.165) is 0 Å². The van der Waals surface area contributed by atoms with Crippen molar-refractivity contribution in [2.75, 3.05) is 19.5 Å². The van der Waals surface area contributed by atoms with E-state index in [1.165, 1.54) is 62.1 Å². The van der Waals surface area contributed by atoms with Crippen molar-refractivity contribution < 1.29 is 24.0 Å². The molecular formula is C22H16N4O6S. The summed E-state index contributed by atoms with van der Waals surface area (Å²) >= 11 is 1.21. The molecule has 11 heteroatoms. The predicted molar refractivity (Wildman–Crippen MR) is 121 cm³/mol. The lowest BCUT2D eigenvalue weighted by atomic mass is 10.1. The fraction of sp³-hybridized carbons (Fsp3) is 0.0909. The number of carbonyl (C=O) groups excluding carboxylic acids is 2. The highest BCUT2D eigenvalue weighted by Crippen LogP contribution is 2.28. The zero-order chi connectivity index (χ0) is 24.0. The number of nitro benzene ring substituents is 1. The van der Waals surface area contributed by atoms with Gasteiger partial charge in [0.25, 0.3) is 5.69 Å². The number of benzene rings is 2. The fourth-order valence-electron chi connectivity index (χ4n) is 2.77. The van der Waals surface area contributed by atoms with Crippen molar-refractivity contribution in [2.45, 2.75) is 0 Å². The summed E-state index contributed by atoms with van der Waals surface area (Å²) in [5.41, 5.74) is 1.95. The first-order valence-corrected chi connectivity index (χ1v) is 10.1. The van der Waals surface area contributed by atoms with Crippen LogP contribution in [0, 0.1) is 21.4 Å². The van der Waals surface area contributed by atoms with E-state index in [2.05, 4.69) is 10.3 Å². The Morgan fingerprint density at radius 2 is 1.85 bits per heavy atom. The van der Waals surface area contributed by atoms with E-state index < -0.39 is 16.9 Å². The second-order valence-electron chi connectivity index (χ2n) is 6.40. The summed E-state index contributed by atoms with van der Waals surface area (Å²) < 4.78 is 9.47. The summed E-state index contributed by atoms with van der Waals surface area (Å²) in [6, 6.07) is 12.2. The molecule has 0 spiro atoms. The molecule has 2 aromatic carbocycles. The number of esters is 2. The van der Waals surface area contributed by atoms with Gasteiger partial charge in [0.1, 0.15) is 16.6 Å². The van der Waals surface area contributed by atoms with E-state index in [0.29, 0.717) is 16.3 Å². The van der Waals surface area contributed by atoms with Crippen LogP contribution >= 0.6 is 11.3 Å². The highest BCUT2D eigenvalue weighted by Gasteiger charge is 2.16. The molecule has 166 valence electrons. The van der Waals surface area contributed by atoms with Gasteiger partial charge in [-0.25, -0.2) is 14.6 Å². The summed E-state index contributed by atoms with van der Waals surface area (Å²) in [6.45, 7) is 0. The minimum atomic E-state index is -0.629. The van der Waals surface area contributed by atoms with Crippen LogP contribution in [-0.2, 0) is 9.47 Å². The topological polar surface area (TPSA) is 144 Å². The number of thiazole rings is 1. The van der Waals surface area contributed by atoms with Crippen LogP contribution in [-0.4, -0.2) is 36.1 Å². The number of ether oxygens (including phenoxy) is 2. The average Bonchev–Trinajstić information content (AvgIpc) is 3.33. The van der Waals surface area contributed by atoms with Crippen LogP contribution in [0.5, 0.6) is 0 Å². The molecule has 0 radical (unpaired) electrons. The Balaban J connectivity index is 1.90. The maximum Gasteiger partial charge on any atom is 0.339 e. The molecule has 0 saturated carbocycles. The maximum atomic E-state index is 12.1. The first-order valence-electron chi connectivity index (χ1n) is 9.26. The number of anilines is 1. The standard InChI is InChI=1S/C22H16N4O6S/c1-31-21(27)14-5-8-17(22(28)32-2)18(9-14)24-11-15(10-23)20-25-19(12-33-20)13-3-6-16(7-4-13)26(29)30/h3-9,11-12,24H,1-2H3. The molecule has 3 rings (SSSR count). The van der Waals surface area contributed by atoms with E-state index in [9.17, 15) is 25.0 Å². The molecule has 10 nitrogen and oxygen atoms in total. The van der Waals surface area contributed by atoms with Crippen LogP contribution in [0.3, 0.4) is 0 Å². The molecule has 1 heterocycles. The molecule has 1 aromatic heterocycles. The quantitative estimate of drug-likeness (QED) is 0.234. The number of aromatic nitrogens is 1. The van der Waals surface area contributed by atoms with Crippen molar-refractivity contribution in [1.82, 2.24) is 4.98 Å². The van der Waals surface area contributed by atoms with Crippen LogP contribution in [0.1, 0.15) is 25.7 Å². The molecule has 3 aromatic rings. The van der Waals surface area contributed by atoms with Crippen LogP contribution < -0.4 is 5.32 Å². The highest BCUT2D eigenvalue weighted by molar-refractivity contribution is 7.11. The zero-order valence-corrected chi connectivity index (χ0v) is 18.2. The van der Waals surface area contributed by atoms with Crippen LogP contribution in [0.2, 0.25) is 0 Å². The third-order valence-electron chi connectivity index (χ3n) is 4.45. The Labute approximate surface area is 191 Å². The molecule has 1 N–H and O–H groups in total. The van der Waals surface area contributed by atoms with Gasteiger partial charge >= 0.3 is 11.9 Å². The molecule has 0 amide bonds. The SMILES string of the molecule is COC(=O)c1ccc(C(=O)OC)c(NC=C(C#N)c2nc(-c3ccc([N+](=O)[O-])cc3)cs2)c1. The second kappa shape index (κ2) is 10.2. The minimum Gasteiger partial charge on any atom is -0.465 e. The molecule has 0 unspecified atom stereocenters. The number of hydrogen-bond donors (Lipinski definition) is 1. The normalized spacial score (nSPS) is 10.8. The molecule has 0 aliphatic rings. The number of carbonyl (C=O) groups is 2. The van der Waals surface area contributed by atoms with Crippen LogP contribution in [0.15, 0.2) is 54.0 Å². The molecule has 33 heavy (non-hydrogen) atoms. The Hall–Kier alpha value is -4.56. The Kier molecular flexibility index (Phi) is 7.12. The largest absolute Gasteiger partial charge is 0.465 e. The van der Waals surface area contributed by atoms with E-state index in [-0.39, 0.29) is 28.1 Å². The zero-order valence-electron chi connectivity index (χ0n) is 17.4. The van der Waals surface area contributed by atoms with Crippen LogP contribution in [0.4, 0.5) is 11.4 Å². The Morgan fingerprint density at radius 3 is 2.45 bits per heavy atom. The number of hydrogen-bond acceptors (Lipinski definition) is 10. The van der Waals surface area contributed by atoms with Crippen molar-refractivity contribution in [2.24, 2.45) is 0 Å². The van der Waals surface area contributed by atoms with E-state index >= 15 is 0 Å². The van der Waals surface area contributed by atoms with E-state index in [1.54, 1.807) is 17.5 Å². The number of nitriles is 1. The smallest absolute Gasteiger partial charge is 0.339 e. The number of non-ortho nitro benzene ring substituents is 1. The lowest BCUT2D eigenvalue weighted by Crippen LogP contribution is -2.08. The van der Waals surface area contributed by atoms with Gasteiger partial charge in [-0.05, 0) is 30.3 Å². The number of nitrogens with one attached hydrogen (secondary N) is 1. The van der Waals surface area contributed by atoms with Crippen LogP contribution in [0.25, 0.3) is 16.8 Å². The summed E-state index contributed by atoms with van der Waals surface area (Å²) in [6.07, 6.45) is 1.36. The molecule has 0 fully saturated rings. The van der Waals surface area contributed by atoms with Crippen molar-refractivity contribution >= 4 is 40.2 Å². The van der Waals surface area contributed by atoms with Gasteiger partial charge in [-0.3, -0.25) is 10.1 Å². The Morgan fingerprint density at radius 1 is 1.15 bits per heavy atom. The van der Waals surface area contributed by atoms with Gasteiger partial charge in [-0.15, -0.1) is 11.3 Å². The van der Waals surface area contributed by atoms with Crippen molar-refractivity contribution in [3.8, 4) is 17.3 Å². The molecule has 0 aliphatic heterocycles. The van der Waals surface area contributed by atoms with Gasteiger partial charge in [0.05, 0.1) is 41.7 Å². The van der Waals surface area contributed by atoms with E-state index in [4.69, 9.17) is 9.47 Å². The minimum absolute atomic E-state index is 0.0355. The number of nitro groups is 1. The van der Waals surface area contributed by atoms with Gasteiger partial charge in [-0.1, -0.05) is 0 Å². The third kappa shape index (κ3) is 5.20. The summed E-state index contributed by atoms with van der Waals surface area (Å²) in [5.74, 6) is -1.22. The molecular weight excluding hydrogens is 448 g/mol. The predicted octanol–water partition coefficient (Wildman–Crippen LogP) is 4.27. The monoisotopic (exact) mass is 464 g/mol. The first kappa shape index (κ1) is 23.1. The number of nitrogens with zero attached hydrogens (tertiary/aromatic N) is 3. The molecule has 0 saturated heterocycles. The molecule has 0 atom stereocenters. The summed E-state index contributed by atoms with van der Waals surface area (Å²) in [7, 11) is 2.47.